The first-order valence-electron chi connectivity index (χ1n) is 5.86. The molecule has 1 aromatic rings. The van der Waals surface area contributed by atoms with Crippen LogP contribution in [-0.4, -0.2) is 34.0 Å². The smallest absolute Gasteiger partial charge is 0.232 e. The van der Waals surface area contributed by atoms with E-state index in [1.807, 2.05) is 25.4 Å². The van der Waals surface area contributed by atoms with Crippen molar-refractivity contribution in [3.63, 3.8) is 0 Å². The van der Waals surface area contributed by atoms with Crippen LogP contribution < -0.4 is 10.0 Å². The number of hydrogen-bond acceptors (Lipinski definition) is 4. The largest absolute Gasteiger partial charge is 0.320 e. The highest BCUT2D eigenvalue weighted by Crippen LogP contribution is 2.18. The molecule has 0 amide bonds. The van der Waals surface area contributed by atoms with Crippen molar-refractivity contribution >= 4 is 27.5 Å². The molecule has 0 aliphatic rings. The van der Waals surface area contributed by atoms with E-state index < -0.39 is 10.0 Å². The Labute approximate surface area is 114 Å². The molecule has 1 rings (SSSR count). The Morgan fingerprint density at radius 2 is 1.83 bits per heavy atom. The predicted molar refractivity (Wildman–Crippen MR) is 78.8 cm³/mol. The van der Waals surface area contributed by atoms with E-state index in [2.05, 4.69) is 10.0 Å². The molecular weight excluding hydrogens is 268 g/mol. The van der Waals surface area contributed by atoms with Crippen LogP contribution in [-0.2, 0) is 10.0 Å². The van der Waals surface area contributed by atoms with Crippen molar-refractivity contribution in [3.8, 4) is 0 Å². The predicted octanol–water partition coefficient (Wildman–Crippen LogP) is 2.15. The van der Waals surface area contributed by atoms with Gasteiger partial charge >= 0.3 is 0 Å². The third kappa shape index (κ3) is 5.75. The summed E-state index contributed by atoms with van der Waals surface area (Å²) in [5, 5.41) is 3.00. The van der Waals surface area contributed by atoms with Gasteiger partial charge in [-0.1, -0.05) is 0 Å². The van der Waals surface area contributed by atoms with Crippen LogP contribution in [0.3, 0.4) is 0 Å². The lowest BCUT2D eigenvalue weighted by molar-refractivity contribution is 0.595. The van der Waals surface area contributed by atoms with Crippen molar-refractivity contribution in [2.24, 2.45) is 0 Å². The first kappa shape index (κ1) is 15.3. The van der Waals surface area contributed by atoms with Crippen LogP contribution >= 0.6 is 11.8 Å². The van der Waals surface area contributed by atoms with Crippen LogP contribution in [0.2, 0.25) is 0 Å². The molecule has 0 radical (unpaired) electrons. The van der Waals surface area contributed by atoms with E-state index in [1.165, 1.54) is 0 Å². The Kier molecular flexibility index (Phi) is 6.52. The van der Waals surface area contributed by atoms with Gasteiger partial charge in [-0.15, -0.1) is 11.8 Å². The van der Waals surface area contributed by atoms with Gasteiger partial charge in [0.1, 0.15) is 0 Å². The van der Waals surface area contributed by atoms with Crippen LogP contribution in [0.15, 0.2) is 29.2 Å². The van der Waals surface area contributed by atoms with Gasteiger partial charge in [0, 0.05) is 10.6 Å². The summed E-state index contributed by atoms with van der Waals surface area (Å²) in [6, 6.07) is 7.39. The summed E-state index contributed by atoms with van der Waals surface area (Å²) in [5.74, 6) is 0.166. The van der Waals surface area contributed by atoms with Gasteiger partial charge in [0.05, 0.1) is 5.75 Å². The fourth-order valence-electron chi connectivity index (χ4n) is 1.48. The number of rotatable bonds is 8. The summed E-state index contributed by atoms with van der Waals surface area (Å²) in [4.78, 5) is 1.12. The van der Waals surface area contributed by atoms with Gasteiger partial charge < -0.3 is 5.32 Å². The van der Waals surface area contributed by atoms with E-state index in [0.717, 1.165) is 17.9 Å². The van der Waals surface area contributed by atoms with Crippen molar-refractivity contribution in [2.75, 3.05) is 30.3 Å². The van der Waals surface area contributed by atoms with E-state index in [-0.39, 0.29) is 5.75 Å². The third-order valence-electron chi connectivity index (χ3n) is 2.45. The minimum atomic E-state index is -3.22. The summed E-state index contributed by atoms with van der Waals surface area (Å²) in [6.45, 7) is 0.845. The van der Waals surface area contributed by atoms with Crippen molar-refractivity contribution in [2.45, 2.75) is 17.7 Å². The molecule has 0 spiro atoms. The van der Waals surface area contributed by atoms with Gasteiger partial charge in [-0.25, -0.2) is 8.42 Å². The highest BCUT2D eigenvalue weighted by Gasteiger charge is 2.09. The molecule has 1 aromatic carbocycles. The number of hydrogen-bond donors (Lipinski definition) is 2. The van der Waals surface area contributed by atoms with Crippen molar-refractivity contribution in [1.29, 1.82) is 0 Å². The Morgan fingerprint density at radius 3 is 2.39 bits per heavy atom. The monoisotopic (exact) mass is 288 g/mol. The Balaban J connectivity index is 2.48. The maximum absolute atomic E-state index is 11.8. The number of nitrogens with one attached hydrogen (secondary N) is 2. The number of benzene rings is 1. The summed E-state index contributed by atoms with van der Waals surface area (Å²) in [6.07, 6.45) is 3.52. The van der Waals surface area contributed by atoms with Crippen LogP contribution in [0.25, 0.3) is 0 Å². The fraction of sp³-hybridized carbons (Fsp3) is 0.500. The molecule has 0 fully saturated rings. The average Bonchev–Trinajstić information content (AvgIpc) is 2.35. The van der Waals surface area contributed by atoms with Gasteiger partial charge in [-0.05, 0) is 57.0 Å². The fourth-order valence-corrected chi connectivity index (χ4v) is 3.07. The van der Waals surface area contributed by atoms with E-state index in [1.54, 1.807) is 23.9 Å². The topological polar surface area (TPSA) is 58.2 Å². The molecule has 0 aliphatic carbocycles. The van der Waals surface area contributed by atoms with Crippen LogP contribution in [0.5, 0.6) is 0 Å². The molecule has 0 saturated carbocycles. The zero-order valence-corrected chi connectivity index (χ0v) is 12.4. The van der Waals surface area contributed by atoms with E-state index >= 15 is 0 Å². The quantitative estimate of drug-likeness (QED) is 0.568. The number of thioether (sulfide) groups is 1. The Bertz CT molecular complexity index is 444. The molecule has 18 heavy (non-hydrogen) atoms. The lowest BCUT2D eigenvalue weighted by atomic mass is 10.3. The molecule has 102 valence electrons. The first-order valence-corrected chi connectivity index (χ1v) is 8.74. The van der Waals surface area contributed by atoms with E-state index in [0.29, 0.717) is 12.1 Å². The normalized spacial score (nSPS) is 11.4. The molecule has 0 saturated heterocycles. The van der Waals surface area contributed by atoms with Gasteiger partial charge in [-0.3, -0.25) is 4.72 Å². The second-order valence-corrected chi connectivity index (χ2v) is 6.68. The zero-order valence-electron chi connectivity index (χ0n) is 10.8. The van der Waals surface area contributed by atoms with Crippen molar-refractivity contribution in [3.05, 3.63) is 24.3 Å². The number of unbranched alkanes of at least 4 members (excludes halogenated alkanes) is 1. The number of anilines is 1. The summed E-state index contributed by atoms with van der Waals surface area (Å²) in [7, 11) is -1.36. The van der Waals surface area contributed by atoms with Gasteiger partial charge in [0.15, 0.2) is 0 Å². The van der Waals surface area contributed by atoms with E-state index in [9.17, 15) is 8.42 Å². The standard InChI is InChI=1S/C12H20N2O2S2/c1-13-9-3-4-10-18(15,16)14-11-5-7-12(17-2)8-6-11/h5-8,13-14H,3-4,9-10H2,1-2H3. The second kappa shape index (κ2) is 7.66. The maximum atomic E-state index is 11.8. The molecule has 0 aliphatic heterocycles. The lowest BCUT2D eigenvalue weighted by Gasteiger charge is -2.08. The molecular formula is C12H20N2O2S2. The first-order chi connectivity index (χ1) is 8.57. The minimum absolute atomic E-state index is 0.166. The Hall–Kier alpha value is -0.720. The van der Waals surface area contributed by atoms with Crippen molar-refractivity contribution in [1.82, 2.24) is 5.32 Å². The Morgan fingerprint density at radius 1 is 1.17 bits per heavy atom. The van der Waals surface area contributed by atoms with E-state index in [4.69, 9.17) is 0 Å². The minimum Gasteiger partial charge on any atom is -0.320 e. The molecule has 2 N–H and O–H groups in total. The highest BCUT2D eigenvalue weighted by atomic mass is 32.2. The molecule has 0 heterocycles. The van der Waals surface area contributed by atoms with Crippen LogP contribution in [0, 0.1) is 0 Å². The lowest BCUT2D eigenvalue weighted by Crippen LogP contribution is -2.18. The summed E-state index contributed by atoms with van der Waals surface area (Å²) >= 11 is 1.63. The number of sulfonamides is 1. The molecule has 4 nitrogen and oxygen atoms in total. The molecule has 0 bridgehead atoms. The highest BCUT2D eigenvalue weighted by molar-refractivity contribution is 7.98. The van der Waals surface area contributed by atoms with Crippen LogP contribution in [0.1, 0.15) is 12.8 Å². The van der Waals surface area contributed by atoms with Gasteiger partial charge in [0.2, 0.25) is 10.0 Å². The summed E-state index contributed by atoms with van der Waals surface area (Å²) < 4.78 is 26.2. The molecule has 6 heteroatoms. The summed E-state index contributed by atoms with van der Waals surface area (Å²) in [5.41, 5.74) is 0.626. The second-order valence-electron chi connectivity index (χ2n) is 3.96. The average molecular weight is 288 g/mol. The van der Waals surface area contributed by atoms with Gasteiger partial charge in [-0.2, -0.15) is 0 Å². The third-order valence-corrected chi connectivity index (χ3v) is 4.57. The maximum Gasteiger partial charge on any atom is 0.232 e. The molecule has 0 aromatic heterocycles. The van der Waals surface area contributed by atoms with Gasteiger partial charge in [0.25, 0.3) is 0 Å². The molecule has 0 unspecified atom stereocenters. The SMILES string of the molecule is CNCCCCS(=O)(=O)Nc1ccc(SC)cc1. The zero-order chi connectivity index (χ0) is 13.4. The van der Waals surface area contributed by atoms with Crippen LogP contribution in [0.4, 0.5) is 5.69 Å². The molecule has 0 atom stereocenters. The van der Waals surface area contributed by atoms with Crippen molar-refractivity contribution < 1.29 is 8.42 Å².